The molecular weight excluding hydrogens is 294 g/mol. The zero-order valence-corrected chi connectivity index (χ0v) is 13.9. The minimum Gasteiger partial charge on any atom is -0.451 e. The number of carbonyl (C=O) groups is 2. The van der Waals surface area contributed by atoms with Gasteiger partial charge in [0.25, 0.3) is 5.91 Å². The summed E-state index contributed by atoms with van der Waals surface area (Å²) in [7, 11) is 0. The van der Waals surface area contributed by atoms with Crippen molar-refractivity contribution in [3.8, 4) is 0 Å². The van der Waals surface area contributed by atoms with E-state index in [9.17, 15) is 9.59 Å². The van der Waals surface area contributed by atoms with E-state index in [1.807, 2.05) is 4.90 Å². The summed E-state index contributed by atoms with van der Waals surface area (Å²) in [6.45, 7) is 7.30. The molecule has 6 heteroatoms. The Hall–Kier alpha value is -1.98. The lowest BCUT2D eigenvalue weighted by atomic mass is 9.65. The van der Waals surface area contributed by atoms with Crippen LogP contribution < -0.4 is 0 Å². The molecule has 0 radical (unpaired) electrons. The summed E-state index contributed by atoms with van der Waals surface area (Å²) in [5.74, 6) is -0.728. The number of ether oxygens (including phenoxy) is 1. The Morgan fingerprint density at radius 1 is 1.30 bits per heavy atom. The first-order valence-electron chi connectivity index (χ1n) is 8.01. The molecular formula is C17H23N3O3. The highest BCUT2D eigenvalue weighted by molar-refractivity contribution is 5.89. The van der Waals surface area contributed by atoms with Crippen LogP contribution in [0.1, 0.15) is 50.5 Å². The SMILES string of the molecule is CC1(C)C[C@H]2C[C@](C)(CN2C(=O)COC(=O)c2cnccn2)C1. The van der Waals surface area contributed by atoms with Crippen molar-refractivity contribution in [3.63, 3.8) is 0 Å². The lowest BCUT2D eigenvalue weighted by molar-refractivity contribution is -0.135. The van der Waals surface area contributed by atoms with Crippen LogP contribution in [0.2, 0.25) is 0 Å². The maximum atomic E-state index is 12.5. The number of aromatic nitrogens is 2. The fraction of sp³-hybridized carbons (Fsp3) is 0.647. The predicted molar refractivity (Wildman–Crippen MR) is 83.6 cm³/mol. The van der Waals surface area contributed by atoms with Gasteiger partial charge in [0.05, 0.1) is 6.20 Å². The molecule has 2 bridgehead atoms. The summed E-state index contributed by atoms with van der Waals surface area (Å²) in [4.78, 5) is 33.9. The Bertz CT molecular complexity index is 617. The number of hydrogen-bond donors (Lipinski definition) is 0. The van der Waals surface area contributed by atoms with E-state index in [0.29, 0.717) is 0 Å². The second kappa shape index (κ2) is 5.58. The fourth-order valence-electron chi connectivity index (χ4n) is 4.44. The minimum atomic E-state index is -0.611. The zero-order chi connectivity index (χ0) is 16.7. The third kappa shape index (κ3) is 3.35. The molecule has 1 saturated carbocycles. The smallest absolute Gasteiger partial charge is 0.359 e. The molecule has 0 N–H and O–H groups in total. The van der Waals surface area contributed by atoms with E-state index in [0.717, 1.165) is 25.8 Å². The molecule has 0 spiro atoms. The third-order valence-corrected chi connectivity index (χ3v) is 4.83. The van der Waals surface area contributed by atoms with Crippen molar-refractivity contribution < 1.29 is 14.3 Å². The molecule has 2 aliphatic rings. The molecule has 1 amide bonds. The van der Waals surface area contributed by atoms with Crippen molar-refractivity contribution in [3.05, 3.63) is 24.3 Å². The minimum absolute atomic E-state index is 0.117. The van der Waals surface area contributed by atoms with Gasteiger partial charge in [-0.25, -0.2) is 9.78 Å². The van der Waals surface area contributed by atoms with Gasteiger partial charge in [0.2, 0.25) is 0 Å². The first-order chi connectivity index (χ1) is 10.8. The number of fused-ring (bicyclic) bond motifs is 2. The lowest BCUT2D eigenvalue weighted by Crippen LogP contribution is -2.39. The van der Waals surface area contributed by atoms with E-state index in [2.05, 4.69) is 30.7 Å². The van der Waals surface area contributed by atoms with Gasteiger partial charge in [0.15, 0.2) is 12.3 Å². The van der Waals surface area contributed by atoms with Crippen LogP contribution in [0.4, 0.5) is 0 Å². The molecule has 1 aromatic heterocycles. The van der Waals surface area contributed by atoms with Crippen LogP contribution in [0.5, 0.6) is 0 Å². The number of rotatable bonds is 3. The third-order valence-electron chi connectivity index (χ3n) is 4.83. The summed E-state index contributed by atoms with van der Waals surface area (Å²) in [6, 6.07) is 0.256. The second-order valence-corrected chi connectivity index (χ2v) is 7.90. The van der Waals surface area contributed by atoms with E-state index in [1.54, 1.807) is 0 Å². The molecule has 0 unspecified atom stereocenters. The van der Waals surface area contributed by atoms with Gasteiger partial charge in [-0.05, 0) is 30.1 Å². The van der Waals surface area contributed by atoms with Crippen molar-refractivity contribution in [2.24, 2.45) is 10.8 Å². The van der Waals surface area contributed by atoms with Crippen LogP contribution in [0.15, 0.2) is 18.6 Å². The zero-order valence-electron chi connectivity index (χ0n) is 13.9. The summed E-state index contributed by atoms with van der Waals surface area (Å²) in [5.41, 5.74) is 0.550. The van der Waals surface area contributed by atoms with Crippen LogP contribution in [-0.2, 0) is 9.53 Å². The van der Waals surface area contributed by atoms with Gasteiger partial charge in [-0.2, -0.15) is 0 Å². The molecule has 3 rings (SSSR count). The van der Waals surface area contributed by atoms with Crippen LogP contribution >= 0.6 is 0 Å². The summed E-state index contributed by atoms with van der Waals surface area (Å²) in [6.07, 6.45) is 7.41. The number of amides is 1. The van der Waals surface area contributed by atoms with Crippen molar-refractivity contribution in [2.75, 3.05) is 13.2 Å². The van der Waals surface area contributed by atoms with Gasteiger partial charge < -0.3 is 9.64 Å². The van der Waals surface area contributed by atoms with Gasteiger partial charge in [0.1, 0.15) is 0 Å². The molecule has 2 fully saturated rings. The lowest BCUT2D eigenvalue weighted by Gasteiger charge is -2.39. The number of nitrogens with zero attached hydrogens (tertiary/aromatic N) is 3. The number of likely N-dealkylation sites (tertiary alicyclic amines) is 1. The number of esters is 1. The Morgan fingerprint density at radius 2 is 2.09 bits per heavy atom. The van der Waals surface area contributed by atoms with Crippen LogP contribution in [0, 0.1) is 10.8 Å². The Kier molecular flexibility index (Phi) is 3.86. The molecule has 0 aromatic carbocycles. The molecule has 1 aliphatic carbocycles. The van der Waals surface area contributed by atoms with Crippen LogP contribution in [-0.4, -0.2) is 45.9 Å². The van der Waals surface area contributed by atoms with Gasteiger partial charge in [-0.15, -0.1) is 0 Å². The molecule has 6 nitrogen and oxygen atoms in total. The fourth-order valence-corrected chi connectivity index (χ4v) is 4.44. The molecule has 1 aliphatic heterocycles. The maximum absolute atomic E-state index is 12.5. The predicted octanol–water partition coefficient (Wildman–Crippen LogP) is 2.06. The van der Waals surface area contributed by atoms with Crippen molar-refractivity contribution in [1.82, 2.24) is 14.9 Å². The van der Waals surface area contributed by atoms with Crippen molar-refractivity contribution >= 4 is 11.9 Å². The van der Waals surface area contributed by atoms with Crippen molar-refractivity contribution in [1.29, 1.82) is 0 Å². The number of carbonyl (C=O) groups excluding carboxylic acids is 2. The molecule has 124 valence electrons. The Balaban J connectivity index is 1.60. The molecule has 2 atom stereocenters. The highest BCUT2D eigenvalue weighted by Crippen LogP contribution is 2.52. The average Bonchev–Trinajstić information content (AvgIpc) is 2.74. The van der Waals surface area contributed by atoms with Crippen LogP contribution in [0.25, 0.3) is 0 Å². The highest BCUT2D eigenvalue weighted by atomic mass is 16.5. The highest BCUT2D eigenvalue weighted by Gasteiger charge is 2.50. The molecule has 2 heterocycles. The monoisotopic (exact) mass is 317 g/mol. The summed E-state index contributed by atoms with van der Waals surface area (Å²) in [5, 5.41) is 0. The summed E-state index contributed by atoms with van der Waals surface area (Å²) < 4.78 is 5.10. The first kappa shape index (κ1) is 15.9. The van der Waals surface area contributed by atoms with E-state index in [-0.39, 0.29) is 35.1 Å². The molecule has 23 heavy (non-hydrogen) atoms. The summed E-state index contributed by atoms with van der Waals surface area (Å²) >= 11 is 0. The van der Waals surface area contributed by atoms with E-state index < -0.39 is 5.97 Å². The second-order valence-electron chi connectivity index (χ2n) is 7.90. The normalized spacial score (nSPS) is 28.5. The Morgan fingerprint density at radius 3 is 2.78 bits per heavy atom. The average molecular weight is 317 g/mol. The Labute approximate surface area is 136 Å². The topological polar surface area (TPSA) is 72.4 Å². The standard InChI is InChI=1S/C17H23N3O3/c1-16(2)6-12-7-17(3,10-16)11-20(12)14(21)9-23-15(22)13-8-18-4-5-19-13/h4-5,8,12H,6-7,9-11H2,1-3H3/t12-,17-/m0/s1. The van der Waals surface area contributed by atoms with E-state index in [1.165, 1.54) is 18.6 Å². The first-order valence-corrected chi connectivity index (χ1v) is 8.01. The van der Waals surface area contributed by atoms with Gasteiger partial charge in [0, 0.05) is 25.0 Å². The quantitative estimate of drug-likeness (QED) is 0.798. The van der Waals surface area contributed by atoms with Gasteiger partial charge in [-0.1, -0.05) is 20.8 Å². The van der Waals surface area contributed by atoms with Crippen molar-refractivity contribution in [2.45, 2.75) is 46.1 Å². The van der Waals surface area contributed by atoms with Crippen LogP contribution in [0.3, 0.4) is 0 Å². The van der Waals surface area contributed by atoms with Gasteiger partial charge >= 0.3 is 5.97 Å². The number of hydrogen-bond acceptors (Lipinski definition) is 5. The molecule has 1 saturated heterocycles. The molecule has 1 aromatic rings. The maximum Gasteiger partial charge on any atom is 0.359 e. The van der Waals surface area contributed by atoms with E-state index in [4.69, 9.17) is 4.74 Å². The van der Waals surface area contributed by atoms with Gasteiger partial charge in [-0.3, -0.25) is 9.78 Å². The largest absolute Gasteiger partial charge is 0.451 e. The van der Waals surface area contributed by atoms with E-state index >= 15 is 0 Å².